The Kier molecular flexibility index (Phi) is 7.70. The van der Waals surface area contributed by atoms with E-state index in [1.54, 1.807) is 24.7 Å². The van der Waals surface area contributed by atoms with Gasteiger partial charge >= 0.3 is 0 Å². The van der Waals surface area contributed by atoms with E-state index >= 15 is 0 Å². The first-order chi connectivity index (χ1) is 17.2. The van der Waals surface area contributed by atoms with Gasteiger partial charge in [-0.15, -0.1) is 0 Å². The van der Waals surface area contributed by atoms with Crippen LogP contribution in [0.15, 0.2) is 69.9 Å². The summed E-state index contributed by atoms with van der Waals surface area (Å²) in [7, 11) is 3.38. The number of fused-ring (bicyclic) bond motifs is 2. The summed E-state index contributed by atoms with van der Waals surface area (Å²) >= 11 is 5.66. The number of aromatic nitrogens is 2. The highest BCUT2D eigenvalue weighted by molar-refractivity contribution is 14.1. The van der Waals surface area contributed by atoms with Crippen molar-refractivity contribution >= 4 is 79.1 Å². The van der Waals surface area contributed by atoms with Crippen LogP contribution >= 0.6 is 38.5 Å². The van der Waals surface area contributed by atoms with Crippen molar-refractivity contribution in [3.63, 3.8) is 0 Å². The van der Waals surface area contributed by atoms with Crippen LogP contribution in [0.4, 0.5) is 5.69 Å². The van der Waals surface area contributed by atoms with Crippen LogP contribution < -0.4 is 10.9 Å². The summed E-state index contributed by atoms with van der Waals surface area (Å²) in [5, 5.41) is 3.42. The van der Waals surface area contributed by atoms with Gasteiger partial charge in [0.15, 0.2) is 0 Å². The average Bonchev–Trinajstić information content (AvgIpc) is 3.15. The second-order valence-corrected chi connectivity index (χ2v) is 10.5. The molecule has 1 aliphatic heterocycles. The number of nitrogens with one attached hydrogen (secondary N) is 1. The molecule has 0 atom stereocenters. The number of benzene rings is 3. The summed E-state index contributed by atoms with van der Waals surface area (Å²) < 4.78 is 3.41. The average molecular weight is 657 g/mol. The lowest BCUT2D eigenvalue weighted by atomic mass is 10.1. The number of amides is 2. The van der Waals surface area contributed by atoms with E-state index in [0.29, 0.717) is 22.3 Å². The molecule has 5 rings (SSSR count). The number of hydrogen-bond donors (Lipinski definition) is 1. The van der Waals surface area contributed by atoms with Gasteiger partial charge < -0.3 is 10.2 Å². The van der Waals surface area contributed by atoms with E-state index in [9.17, 15) is 14.4 Å². The molecule has 0 saturated heterocycles. The van der Waals surface area contributed by atoms with E-state index < -0.39 is 0 Å². The van der Waals surface area contributed by atoms with Gasteiger partial charge in [-0.05, 0) is 83.6 Å². The molecule has 1 aromatic heterocycles. The number of hydrogen-bond acceptors (Lipinski definition) is 4. The first-order valence-electron chi connectivity index (χ1n) is 10.9. The van der Waals surface area contributed by atoms with E-state index in [4.69, 9.17) is 4.98 Å². The largest absolute Gasteiger partial charge is 0.351 e. The van der Waals surface area contributed by atoms with Crippen molar-refractivity contribution in [1.82, 2.24) is 14.5 Å². The van der Waals surface area contributed by atoms with Crippen LogP contribution in [0, 0.1) is 10.5 Å². The third-order valence-electron chi connectivity index (χ3n) is 5.46. The summed E-state index contributed by atoms with van der Waals surface area (Å²) in [5.41, 5.74) is 4.07. The maximum atomic E-state index is 13.6. The summed E-state index contributed by atoms with van der Waals surface area (Å²) in [6, 6.07) is 18.9. The van der Waals surface area contributed by atoms with Gasteiger partial charge in [0.1, 0.15) is 5.82 Å². The van der Waals surface area contributed by atoms with Crippen LogP contribution in [0.2, 0.25) is 0 Å². The monoisotopic (exact) mass is 656 g/mol. The molecule has 1 aliphatic rings. The zero-order valence-electron chi connectivity index (χ0n) is 19.8. The SMILES string of the molecule is CN(C)C=O.Cc1ccccc1-n1c(/C=C2\C(=O)Nc3ccc(Br)cc32)nc2ccc(I)cc2c1=O. The Bertz CT molecular complexity index is 1590. The Morgan fingerprint density at radius 3 is 2.47 bits per heavy atom. The van der Waals surface area contributed by atoms with E-state index in [1.807, 2.05) is 67.6 Å². The Labute approximate surface area is 230 Å². The van der Waals surface area contributed by atoms with Crippen LogP contribution in [0.5, 0.6) is 0 Å². The molecular weight excluding hydrogens is 635 g/mol. The molecule has 1 N–H and O–H groups in total. The van der Waals surface area contributed by atoms with Crippen LogP contribution in [0.1, 0.15) is 17.0 Å². The van der Waals surface area contributed by atoms with E-state index in [0.717, 1.165) is 37.0 Å². The highest BCUT2D eigenvalue weighted by Crippen LogP contribution is 2.35. The van der Waals surface area contributed by atoms with E-state index in [1.165, 1.54) is 4.90 Å². The molecule has 7 nitrogen and oxygen atoms in total. The predicted octanol–water partition coefficient (Wildman–Crippen LogP) is 5.26. The van der Waals surface area contributed by atoms with Gasteiger partial charge in [0, 0.05) is 33.4 Å². The van der Waals surface area contributed by atoms with Crippen molar-refractivity contribution in [3.8, 4) is 5.69 Å². The number of nitrogens with zero attached hydrogens (tertiary/aromatic N) is 3. The number of carbonyl (C=O) groups excluding carboxylic acids is 2. The van der Waals surface area contributed by atoms with Gasteiger partial charge in [-0.2, -0.15) is 0 Å². The molecule has 0 radical (unpaired) electrons. The van der Waals surface area contributed by atoms with Crippen molar-refractivity contribution in [2.24, 2.45) is 0 Å². The molecule has 9 heteroatoms. The third kappa shape index (κ3) is 5.26. The molecule has 4 aromatic rings. The molecule has 0 unspecified atom stereocenters. The lowest BCUT2D eigenvalue weighted by Gasteiger charge is -2.14. The second-order valence-electron chi connectivity index (χ2n) is 8.33. The maximum absolute atomic E-state index is 13.6. The Balaban J connectivity index is 0.000000556. The van der Waals surface area contributed by atoms with Crippen LogP contribution in [-0.2, 0) is 9.59 Å². The number of carbonyl (C=O) groups is 2. The Morgan fingerprint density at radius 2 is 1.78 bits per heavy atom. The van der Waals surface area contributed by atoms with Gasteiger partial charge in [0.25, 0.3) is 11.5 Å². The smallest absolute Gasteiger partial charge is 0.266 e. The number of anilines is 1. The minimum atomic E-state index is -0.221. The van der Waals surface area contributed by atoms with Crippen molar-refractivity contribution in [1.29, 1.82) is 0 Å². The van der Waals surface area contributed by atoms with Crippen molar-refractivity contribution in [2.45, 2.75) is 6.92 Å². The molecule has 3 aromatic carbocycles. The van der Waals surface area contributed by atoms with Gasteiger partial charge in [-0.3, -0.25) is 19.0 Å². The molecule has 0 aliphatic carbocycles. The number of aryl methyl sites for hydroxylation is 1. The van der Waals surface area contributed by atoms with Crippen LogP contribution in [0.3, 0.4) is 0 Å². The second kappa shape index (κ2) is 10.8. The summed E-state index contributed by atoms with van der Waals surface area (Å²) in [6.07, 6.45) is 2.44. The minimum Gasteiger partial charge on any atom is -0.351 e. The number of para-hydroxylation sites is 1. The predicted molar refractivity (Wildman–Crippen MR) is 155 cm³/mol. The highest BCUT2D eigenvalue weighted by atomic mass is 127. The number of halogens is 2. The summed E-state index contributed by atoms with van der Waals surface area (Å²) in [6.45, 7) is 1.95. The fourth-order valence-corrected chi connectivity index (χ4v) is 4.60. The molecule has 36 heavy (non-hydrogen) atoms. The van der Waals surface area contributed by atoms with Crippen molar-refractivity contribution < 1.29 is 9.59 Å². The van der Waals surface area contributed by atoms with E-state index in [-0.39, 0.29) is 11.5 Å². The quantitative estimate of drug-likeness (QED) is 0.185. The van der Waals surface area contributed by atoms with Crippen molar-refractivity contribution in [2.75, 3.05) is 19.4 Å². The molecule has 2 amide bonds. The number of rotatable bonds is 3. The fraction of sp³-hybridized carbons (Fsp3) is 0.111. The molecule has 0 fully saturated rings. The molecule has 182 valence electrons. The van der Waals surface area contributed by atoms with Gasteiger partial charge in [0.2, 0.25) is 6.41 Å². The van der Waals surface area contributed by atoms with Crippen LogP contribution in [0.25, 0.3) is 28.2 Å². The fourth-order valence-electron chi connectivity index (χ4n) is 3.75. The Morgan fingerprint density at radius 1 is 1.06 bits per heavy atom. The molecule has 0 spiro atoms. The standard InChI is InChI=1S/C24H15BrIN3O2.C3H7NO/c1-13-4-2-3-5-21(13)29-22(27-20-9-7-15(26)11-18(20)24(29)31)12-17-16-10-14(25)6-8-19(16)28-23(17)30;1-4(2)3-5/h2-12H,1H3,(H,28,30);3H,1-2H3/b17-12-;. The molecule has 0 bridgehead atoms. The maximum Gasteiger partial charge on any atom is 0.266 e. The lowest BCUT2D eigenvalue weighted by molar-refractivity contribution is -0.116. The molecule has 2 heterocycles. The molecular formula is C27H22BrIN4O3. The first-order valence-corrected chi connectivity index (χ1v) is 12.8. The van der Waals surface area contributed by atoms with Crippen molar-refractivity contribution in [3.05, 3.63) is 96.0 Å². The van der Waals surface area contributed by atoms with Gasteiger partial charge in [-0.25, -0.2) is 4.98 Å². The summed E-state index contributed by atoms with van der Waals surface area (Å²) in [4.78, 5) is 42.0. The molecule has 0 saturated carbocycles. The normalized spacial score (nSPS) is 13.1. The minimum absolute atomic E-state index is 0.169. The third-order valence-corrected chi connectivity index (χ3v) is 6.63. The van der Waals surface area contributed by atoms with Crippen LogP contribution in [-0.4, -0.2) is 40.9 Å². The summed E-state index contributed by atoms with van der Waals surface area (Å²) in [5.74, 6) is 0.187. The zero-order chi connectivity index (χ0) is 26.0. The first kappa shape index (κ1) is 25.8. The van der Waals surface area contributed by atoms with Gasteiger partial charge in [0.05, 0.1) is 22.2 Å². The van der Waals surface area contributed by atoms with Gasteiger partial charge in [-0.1, -0.05) is 34.1 Å². The highest BCUT2D eigenvalue weighted by Gasteiger charge is 2.25. The lowest BCUT2D eigenvalue weighted by Crippen LogP contribution is -2.23. The Hall–Kier alpha value is -3.31. The topological polar surface area (TPSA) is 84.3 Å². The van der Waals surface area contributed by atoms with E-state index in [2.05, 4.69) is 43.8 Å². The zero-order valence-corrected chi connectivity index (χ0v) is 23.5.